The lowest BCUT2D eigenvalue weighted by Gasteiger charge is -2.15. The van der Waals surface area contributed by atoms with Gasteiger partial charge in [-0.1, -0.05) is 36.4 Å². The van der Waals surface area contributed by atoms with Crippen LogP contribution in [-0.4, -0.2) is 26.9 Å². The lowest BCUT2D eigenvalue weighted by atomic mass is 10.00. The third kappa shape index (κ3) is 4.30. The number of sulfonamides is 1. The summed E-state index contributed by atoms with van der Waals surface area (Å²) in [6.45, 7) is 1.33. The summed E-state index contributed by atoms with van der Waals surface area (Å²) < 4.78 is 27.9. The molecule has 7 nitrogen and oxygen atoms in total. The van der Waals surface area contributed by atoms with Crippen molar-refractivity contribution < 1.29 is 22.7 Å². The van der Waals surface area contributed by atoms with E-state index >= 15 is 0 Å². The molecule has 1 amide bonds. The zero-order valence-corrected chi connectivity index (χ0v) is 17.7. The fraction of sp³-hybridized carbons (Fsp3) is 0.217. The molecule has 8 heteroatoms. The van der Waals surface area contributed by atoms with Crippen LogP contribution < -0.4 is 10.5 Å². The number of ether oxygens (including phenoxy) is 1. The van der Waals surface area contributed by atoms with E-state index in [2.05, 4.69) is 11.4 Å². The van der Waals surface area contributed by atoms with Crippen LogP contribution in [0.15, 0.2) is 59.5 Å². The summed E-state index contributed by atoms with van der Waals surface area (Å²) in [4.78, 5) is 24.9. The minimum atomic E-state index is -3.77. The van der Waals surface area contributed by atoms with Crippen LogP contribution in [0.5, 0.6) is 0 Å². The van der Waals surface area contributed by atoms with Gasteiger partial charge in [0, 0.05) is 0 Å². The van der Waals surface area contributed by atoms with E-state index in [0.29, 0.717) is 11.1 Å². The molecule has 0 heterocycles. The zero-order valence-electron chi connectivity index (χ0n) is 16.9. The summed E-state index contributed by atoms with van der Waals surface area (Å²) in [5.74, 6) is -1.00. The van der Waals surface area contributed by atoms with E-state index in [0.717, 1.165) is 23.6 Å². The van der Waals surface area contributed by atoms with Gasteiger partial charge in [0.1, 0.15) is 0 Å². The minimum Gasteiger partial charge on any atom is -0.452 e. The van der Waals surface area contributed by atoms with Gasteiger partial charge in [-0.15, -0.1) is 0 Å². The lowest BCUT2D eigenvalue weighted by molar-refractivity contribution is -0.124. The van der Waals surface area contributed by atoms with E-state index in [4.69, 9.17) is 9.88 Å². The van der Waals surface area contributed by atoms with Crippen molar-refractivity contribution >= 4 is 32.7 Å². The number of aryl methyl sites for hydroxylation is 2. The van der Waals surface area contributed by atoms with E-state index in [-0.39, 0.29) is 4.90 Å². The van der Waals surface area contributed by atoms with Crippen LogP contribution >= 0.6 is 0 Å². The number of hydrogen-bond donors (Lipinski definition) is 2. The largest absolute Gasteiger partial charge is 0.452 e. The van der Waals surface area contributed by atoms with Gasteiger partial charge in [0.2, 0.25) is 10.0 Å². The highest BCUT2D eigenvalue weighted by molar-refractivity contribution is 7.89. The number of nitrogens with two attached hydrogens (primary N) is 1. The Bertz CT molecular complexity index is 1270. The van der Waals surface area contributed by atoms with Crippen LogP contribution in [0.4, 0.5) is 0 Å². The molecule has 160 valence electrons. The maximum Gasteiger partial charge on any atom is 0.339 e. The van der Waals surface area contributed by atoms with E-state index in [1.807, 2.05) is 18.2 Å². The van der Waals surface area contributed by atoms with E-state index in [1.54, 1.807) is 25.1 Å². The molecule has 3 aromatic carbocycles. The molecule has 4 rings (SSSR count). The molecule has 0 spiro atoms. The third-order valence-corrected chi connectivity index (χ3v) is 6.45. The summed E-state index contributed by atoms with van der Waals surface area (Å²) in [6.07, 6.45) is 1.92. The second-order valence-electron chi connectivity index (χ2n) is 7.59. The summed E-state index contributed by atoms with van der Waals surface area (Å²) in [5, 5.41) is 9.78. The molecule has 31 heavy (non-hydrogen) atoms. The molecular formula is C23H22N2O5S. The number of hydrogen-bond acceptors (Lipinski definition) is 5. The summed E-state index contributed by atoms with van der Waals surface area (Å²) in [5.41, 5.74) is 3.59. The van der Waals surface area contributed by atoms with Crippen LogP contribution in [0.2, 0.25) is 0 Å². The molecule has 0 aliphatic heterocycles. The Morgan fingerprint density at radius 2 is 1.71 bits per heavy atom. The highest BCUT2D eigenvalue weighted by Gasteiger charge is 2.20. The number of benzene rings is 3. The van der Waals surface area contributed by atoms with Crippen LogP contribution in [0, 0.1) is 0 Å². The second-order valence-corrected chi connectivity index (χ2v) is 9.15. The van der Waals surface area contributed by atoms with Crippen molar-refractivity contribution in [3.63, 3.8) is 0 Å². The van der Waals surface area contributed by atoms with Crippen molar-refractivity contribution in [2.45, 2.75) is 30.7 Å². The molecule has 3 aromatic rings. The Labute approximate surface area is 180 Å². The van der Waals surface area contributed by atoms with Crippen LogP contribution in [0.25, 0.3) is 10.8 Å². The Morgan fingerprint density at radius 1 is 1.03 bits per heavy atom. The van der Waals surface area contributed by atoms with Gasteiger partial charge in [-0.25, -0.2) is 18.4 Å². The Balaban J connectivity index is 1.39. The molecule has 1 aliphatic carbocycles. The summed E-state index contributed by atoms with van der Waals surface area (Å²) in [6, 6.07) is 15.1. The van der Waals surface area contributed by atoms with Gasteiger partial charge < -0.3 is 10.1 Å². The predicted octanol–water partition coefficient (Wildman–Crippen LogP) is 2.62. The van der Waals surface area contributed by atoms with Crippen LogP contribution in [0.1, 0.15) is 40.0 Å². The molecule has 0 aromatic heterocycles. The van der Waals surface area contributed by atoms with Gasteiger partial charge in [0.25, 0.3) is 5.91 Å². The average molecular weight is 439 g/mol. The molecule has 0 bridgehead atoms. The van der Waals surface area contributed by atoms with Gasteiger partial charge in [0.05, 0.1) is 16.5 Å². The second kappa shape index (κ2) is 8.13. The van der Waals surface area contributed by atoms with Gasteiger partial charge in [-0.3, -0.25) is 4.79 Å². The molecule has 0 radical (unpaired) electrons. The maximum atomic E-state index is 12.6. The molecule has 1 aliphatic rings. The Kier molecular flexibility index (Phi) is 5.51. The predicted molar refractivity (Wildman–Crippen MR) is 116 cm³/mol. The van der Waals surface area contributed by atoms with Crippen molar-refractivity contribution in [2.75, 3.05) is 6.61 Å². The number of esters is 1. The zero-order chi connectivity index (χ0) is 22.2. The molecule has 0 fully saturated rings. The van der Waals surface area contributed by atoms with Crippen LogP contribution in [-0.2, 0) is 32.4 Å². The highest BCUT2D eigenvalue weighted by atomic mass is 32.2. The van der Waals surface area contributed by atoms with Gasteiger partial charge in [-0.05, 0) is 65.4 Å². The molecular weight excluding hydrogens is 416 g/mol. The van der Waals surface area contributed by atoms with E-state index < -0.39 is 34.5 Å². The minimum absolute atomic E-state index is 0.00549. The van der Waals surface area contributed by atoms with Gasteiger partial charge in [-0.2, -0.15) is 0 Å². The lowest BCUT2D eigenvalue weighted by Crippen LogP contribution is -2.31. The van der Waals surface area contributed by atoms with Crippen molar-refractivity contribution in [3.8, 4) is 0 Å². The fourth-order valence-corrected chi connectivity index (χ4v) is 4.46. The molecule has 1 atom stereocenters. The fourth-order valence-electron chi connectivity index (χ4n) is 3.95. The average Bonchev–Trinajstić information content (AvgIpc) is 3.17. The smallest absolute Gasteiger partial charge is 0.339 e. The SMILES string of the molecule is CC(NC(=O)COC(=O)c1ccc2c3c(cccc13)CC2)c1ccc(S(N)(=O)=O)cc1. The first kappa shape index (κ1) is 21.0. The summed E-state index contributed by atoms with van der Waals surface area (Å²) >= 11 is 0. The normalized spacial score (nSPS) is 13.7. The first-order valence-corrected chi connectivity index (χ1v) is 11.4. The standard InChI is InChI=1S/C23H22N2O5S/c1-14(15-7-10-18(11-8-15)31(24,28)29)25-21(26)13-30-23(27)20-12-9-17-6-5-16-3-2-4-19(20)22(16)17/h2-4,7-12,14H,5-6,13H2,1H3,(H,25,26)(H2,24,28,29). The van der Waals surface area contributed by atoms with Crippen molar-refractivity contribution in [3.05, 3.63) is 76.9 Å². The monoisotopic (exact) mass is 438 g/mol. The maximum absolute atomic E-state index is 12.6. The number of primary sulfonamides is 1. The van der Waals surface area contributed by atoms with Crippen LogP contribution in [0.3, 0.4) is 0 Å². The van der Waals surface area contributed by atoms with E-state index in [9.17, 15) is 18.0 Å². The third-order valence-electron chi connectivity index (χ3n) is 5.52. The molecule has 0 saturated heterocycles. The van der Waals surface area contributed by atoms with E-state index in [1.165, 1.54) is 23.3 Å². The number of carbonyl (C=O) groups excluding carboxylic acids is 2. The van der Waals surface area contributed by atoms with Crippen molar-refractivity contribution in [2.24, 2.45) is 5.14 Å². The molecule has 1 unspecified atom stereocenters. The number of carbonyl (C=O) groups is 2. The topological polar surface area (TPSA) is 116 Å². The van der Waals surface area contributed by atoms with Gasteiger partial charge >= 0.3 is 5.97 Å². The summed E-state index contributed by atoms with van der Waals surface area (Å²) in [7, 11) is -3.77. The Hall–Kier alpha value is -3.23. The number of rotatable bonds is 6. The number of nitrogens with one attached hydrogen (secondary N) is 1. The number of amides is 1. The molecule has 3 N–H and O–H groups in total. The van der Waals surface area contributed by atoms with Crippen molar-refractivity contribution in [1.82, 2.24) is 5.32 Å². The highest BCUT2D eigenvalue weighted by Crippen LogP contribution is 2.33. The molecule has 0 saturated carbocycles. The van der Waals surface area contributed by atoms with Gasteiger partial charge in [0.15, 0.2) is 6.61 Å². The first-order valence-electron chi connectivity index (χ1n) is 9.87. The quantitative estimate of drug-likeness (QED) is 0.574. The first-order chi connectivity index (χ1) is 14.7. The van der Waals surface area contributed by atoms with Crippen molar-refractivity contribution in [1.29, 1.82) is 0 Å². The Morgan fingerprint density at radius 3 is 2.39 bits per heavy atom.